The Morgan fingerprint density at radius 2 is 1.26 bits per heavy atom. The molecule has 184 valence electrons. The molecule has 0 aromatic rings. The van der Waals surface area contributed by atoms with E-state index in [2.05, 4.69) is 20.8 Å². The summed E-state index contributed by atoms with van der Waals surface area (Å²) in [5.41, 5.74) is 0. The molecular formula is C25H52O4Si2. The lowest BCUT2D eigenvalue weighted by Crippen LogP contribution is -2.52. The van der Waals surface area contributed by atoms with Crippen molar-refractivity contribution in [3.63, 3.8) is 0 Å². The van der Waals surface area contributed by atoms with Crippen LogP contribution in [0.3, 0.4) is 0 Å². The van der Waals surface area contributed by atoms with Crippen LogP contribution in [0.2, 0.25) is 22.2 Å². The van der Waals surface area contributed by atoms with Crippen molar-refractivity contribution in [1.82, 2.24) is 0 Å². The van der Waals surface area contributed by atoms with Crippen LogP contribution in [0, 0.1) is 5.92 Å². The molecule has 2 heterocycles. The molecule has 0 amide bonds. The third-order valence-electron chi connectivity index (χ3n) is 9.23. The van der Waals surface area contributed by atoms with Gasteiger partial charge in [-0.2, -0.15) is 0 Å². The molecule has 0 aromatic heterocycles. The van der Waals surface area contributed by atoms with Crippen LogP contribution in [0.1, 0.15) is 104 Å². The highest BCUT2D eigenvalue weighted by Gasteiger charge is 2.63. The quantitative estimate of drug-likeness (QED) is 0.229. The SMILES string of the molecule is CCCC(CCCC1(CCC)CCC[Si]1(OC)OC)C1(CCC)CCC[Si]1(OC)OC. The van der Waals surface area contributed by atoms with Gasteiger partial charge in [0.2, 0.25) is 0 Å². The summed E-state index contributed by atoms with van der Waals surface area (Å²) in [6.45, 7) is 7.03. The first kappa shape index (κ1) is 27.5. The van der Waals surface area contributed by atoms with E-state index < -0.39 is 17.1 Å². The predicted octanol–water partition coefficient (Wildman–Crippen LogP) is 7.71. The molecule has 31 heavy (non-hydrogen) atoms. The van der Waals surface area contributed by atoms with Crippen LogP contribution in [0.15, 0.2) is 0 Å². The van der Waals surface area contributed by atoms with Gasteiger partial charge in [-0.3, -0.25) is 0 Å². The highest BCUT2D eigenvalue weighted by Crippen LogP contribution is 2.63. The fourth-order valence-corrected chi connectivity index (χ4v) is 17.0. The van der Waals surface area contributed by atoms with E-state index in [0.717, 1.165) is 0 Å². The monoisotopic (exact) mass is 472 g/mol. The lowest BCUT2D eigenvalue weighted by Gasteiger charge is -2.47. The lowest BCUT2D eigenvalue weighted by molar-refractivity contribution is 0.159. The smallest absolute Gasteiger partial charge is 0.344 e. The highest BCUT2D eigenvalue weighted by atomic mass is 28.4. The van der Waals surface area contributed by atoms with Gasteiger partial charge in [-0.25, -0.2) is 0 Å². The average Bonchev–Trinajstić information content (AvgIpc) is 3.33. The minimum absolute atomic E-state index is 0.284. The standard InChI is InChI=1S/C25H52O4Si2/c1-8-14-23(25(17-10-3)20-13-22-31(25,28-6)29-7)15-11-18-24(16-9-2)19-12-21-30(24,26-4)27-5/h23H,8-22H2,1-7H3. The molecule has 0 spiro atoms. The Labute approximate surface area is 195 Å². The van der Waals surface area contributed by atoms with Gasteiger partial charge in [-0.15, -0.1) is 0 Å². The molecule has 3 atom stereocenters. The van der Waals surface area contributed by atoms with Gasteiger partial charge in [0.05, 0.1) is 0 Å². The zero-order valence-corrected chi connectivity index (χ0v) is 23.8. The largest absolute Gasteiger partial charge is 0.397 e. The summed E-state index contributed by atoms with van der Waals surface area (Å²) in [5.74, 6) is 0.716. The zero-order chi connectivity index (χ0) is 23.0. The van der Waals surface area contributed by atoms with Crippen molar-refractivity contribution >= 4 is 17.1 Å². The molecule has 2 aliphatic rings. The van der Waals surface area contributed by atoms with Crippen molar-refractivity contribution in [2.75, 3.05) is 28.4 Å². The third kappa shape index (κ3) is 4.90. The highest BCUT2D eigenvalue weighted by molar-refractivity contribution is 6.72. The van der Waals surface area contributed by atoms with Crippen LogP contribution in [0.25, 0.3) is 0 Å². The average molecular weight is 473 g/mol. The second-order valence-electron chi connectivity index (χ2n) is 10.3. The molecule has 0 bridgehead atoms. The van der Waals surface area contributed by atoms with E-state index in [4.69, 9.17) is 17.7 Å². The molecule has 0 saturated carbocycles. The molecule has 0 N–H and O–H groups in total. The topological polar surface area (TPSA) is 36.9 Å². The Morgan fingerprint density at radius 1 is 0.677 bits per heavy atom. The summed E-state index contributed by atoms with van der Waals surface area (Å²) in [7, 11) is 3.39. The fourth-order valence-electron chi connectivity index (χ4n) is 8.05. The van der Waals surface area contributed by atoms with Crippen molar-refractivity contribution in [3.8, 4) is 0 Å². The van der Waals surface area contributed by atoms with Crippen molar-refractivity contribution in [3.05, 3.63) is 0 Å². The predicted molar refractivity (Wildman–Crippen MR) is 135 cm³/mol. The van der Waals surface area contributed by atoms with Gasteiger partial charge in [0.25, 0.3) is 0 Å². The fraction of sp³-hybridized carbons (Fsp3) is 1.00. The molecule has 0 aromatic carbocycles. The first-order chi connectivity index (χ1) is 14.9. The molecule has 2 aliphatic heterocycles. The van der Waals surface area contributed by atoms with E-state index in [-0.39, 0.29) is 5.04 Å². The van der Waals surface area contributed by atoms with E-state index in [1.807, 2.05) is 28.4 Å². The van der Waals surface area contributed by atoms with Gasteiger partial charge in [0.15, 0.2) is 0 Å². The maximum absolute atomic E-state index is 6.33. The van der Waals surface area contributed by atoms with Crippen LogP contribution in [0.5, 0.6) is 0 Å². The summed E-state index contributed by atoms with van der Waals surface area (Å²) in [4.78, 5) is 0. The Kier molecular flexibility index (Phi) is 10.8. The molecule has 0 aliphatic carbocycles. The van der Waals surface area contributed by atoms with Gasteiger partial charge >= 0.3 is 17.1 Å². The van der Waals surface area contributed by atoms with Crippen LogP contribution >= 0.6 is 0 Å². The van der Waals surface area contributed by atoms with Crippen molar-refractivity contribution < 1.29 is 17.7 Å². The maximum atomic E-state index is 6.33. The normalized spacial score (nSPS) is 30.7. The van der Waals surface area contributed by atoms with E-state index in [1.54, 1.807) is 0 Å². The molecule has 0 radical (unpaired) electrons. The Balaban J connectivity index is 2.24. The number of rotatable bonds is 15. The maximum Gasteiger partial charge on any atom is 0.344 e. The van der Waals surface area contributed by atoms with E-state index in [9.17, 15) is 0 Å². The minimum Gasteiger partial charge on any atom is -0.397 e. The molecule has 2 saturated heterocycles. The summed E-state index contributed by atoms with van der Waals surface area (Å²) < 4.78 is 25.1. The van der Waals surface area contributed by atoms with Gasteiger partial charge in [0.1, 0.15) is 0 Å². The van der Waals surface area contributed by atoms with Crippen LogP contribution in [0.4, 0.5) is 0 Å². The molecular weight excluding hydrogens is 420 g/mol. The van der Waals surface area contributed by atoms with Gasteiger partial charge in [-0.05, 0) is 50.1 Å². The lowest BCUT2D eigenvalue weighted by atomic mass is 9.77. The van der Waals surface area contributed by atoms with E-state index in [0.29, 0.717) is 11.0 Å². The first-order valence-corrected chi connectivity index (χ1v) is 17.2. The van der Waals surface area contributed by atoms with Crippen LogP contribution in [-0.2, 0) is 17.7 Å². The molecule has 4 nitrogen and oxygen atoms in total. The minimum atomic E-state index is -2.18. The summed E-state index contributed by atoms with van der Waals surface area (Å²) >= 11 is 0. The third-order valence-corrected chi connectivity index (χ3v) is 18.7. The Morgan fingerprint density at radius 3 is 1.81 bits per heavy atom. The number of hydrogen-bond donors (Lipinski definition) is 0. The summed E-state index contributed by atoms with van der Waals surface area (Å²) in [6, 6.07) is 2.34. The van der Waals surface area contributed by atoms with Crippen molar-refractivity contribution in [1.29, 1.82) is 0 Å². The Bertz CT molecular complexity index is 524. The Hall–Kier alpha value is 0.274. The molecule has 3 unspecified atom stereocenters. The van der Waals surface area contributed by atoms with Gasteiger partial charge in [0, 0.05) is 38.5 Å². The van der Waals surface area contributed by atoms with E-state index >= 15 is 0 Å². The van der Waals surface area contributed by atoms with Gasteiger partial charge in [-0.1, -0.05) is 72.1 Å². The van der Waals surface area contributed by atoms with Crippen LogP contribution in [-0.4, -0.2) is 45.6 Å². The van der Waals surface area contributed by atoms with E-state index in [1.165, 1.54) is 95.6 Å². The second kappa shape index (κ2) is 12.1. The zero-order valence-electron chi connectivity index (χ0n) is 21.8. The van der Waals surface area contributed by atoms with Crippen LogP contribution < -0.4 is 0 Å². The number of hydrogen-bond acceptors (Lipinski definition) is 4. The molecule has 6 heteroatoms. The first-order valence-electron chi connectivity index (χ1n) is 13.2. The molecule has 2 rings (SSSR count). The van der Waals surface area contributed by atoms with Crippen molar-refractivity contribution in [2.45, 2.75) is 126 Å². The molecule has 2 fully saturated rings. The summed E-state index contributed by atoms with van der Waals surface area (Å²) in [6.07, 6.45) is 16.5. The van der Waals surface area contributed by atoms with Gasteiger partial charge < -0.3 is 17.7 Å². The summed E-state index contributed by atoms with van der Waals surface area (Å²) in [5, 5.41) is 0.582. The second-order valence-corrected chi connectivity index (χ2v) is 18.0. The van der Waals surface area contributed by atoms with Crippen molar-refractivity contribution in [2.24, 2.45) is 5.92 Å².